The molecular weight excluding hydrogens is 196 g/mol. The second kappa shape index (κ2) is 2.79. The zero-order valence-corrected chi connectivity index (χ0v) is 5.86. The van der Waals surface area contributed by atoms with Crippen LogP contribution in [0.15, 0.2) is 0 Å². The Balaban J connectivity index is 4.56. The number of hydrogen-bond acceptors (Lipinski definition) is 1. The van der Waals surface area contributed by atoms with E-state index in [0.717, 1.165) is 0 Å². The number of rotatable bonds is 1. The first-order chi connectivity index (χ1) is 4.69. The fraction of sp³-hybridized carbons (Fsp3) is 1.00. The van der Waals surface area contributed by atoms with Crippen molar-refractivity contribution in [3.05, 3.63) is 0 Å². The molecule has 0 spiro atoms. The van der Waals surface area contributed by atoms with Gasteiger partial charge in [0.05, 0.1) is 0 Å². The largest absolute Gasteiger partial charge is 0.485 e. The predicted molar refractivity (Wildman–Crippen MR) is 21.8 cm³/mol. The zero-order valence-electron chi connectivity index (χ0n) is 4.70. The van der Waals surface area contributed by atoms with Crippen molar-refractivity contribution >= 4 is 9.57 Å². The standard InChI is InChI=1S/C2HF6NOSi/c3-1(4,5)9(11-10)2(6,7)8/h11H. The minimum atomic E-state index is -5.62. The summed E-state index contributed by atoms with van der Waals surface area (Å²) >= 11 is 0. The van der Waals surface area contributed by atoms with Crippen LogP contribution in [-0.4, -0.2) is 26.7 Å². The maximum absolute atomic E-state index is 11.2. The molecule has 0 atom stereocenters. The lowest BCUT2D eigenvalue weighted by molar-refractivity contribution is -0.337. The van der Waals surface area contributed by atoms with Gasteiger partial charge < -0.3 is 4.46 Å². The second-order valence-corrected chi connectivity index (χ2v) is 2.14. The molecule has 2 nitrogen and oxygen atoms in total. The van der Waals surface area contributed by atoms with E-state index < -0.39 is 26.7 Å². The van der Waals surface area contributed by atoms with E-state index in [1.807, 2.05) is 0 Å². The van der Waals surface area contributed by atoms with E-state index in [1.54, 1.807) is 0 Å². The van der Waals surface area contributed by atoms with Crippen molar-refractivity contribution in [3.8, 4) is 0 Å². The van der Waals surface area contributed by atoms with Gasteiger partial charge >= 0.3 is 22.2 Å². The van der Waals surface area contributed by atoms with E-state index in [0.29, 0.717) is 0 Å². The highest BCUT2D eigenvalue weighted by Gasteiger charge is 2.52. The van der Waals surface area contributed by atoms with Gasteiger partial charge in [-0.2, -0.15) is 26.3 Å². The Morgan fingerprint density at radius 3 is 1.18 bits per heavy atom. The lowest BCUT2D eigenvalue weighted by Gasteiger charge is -2.22. The van der Waals surface area contributed by atoms with E-state index in [-0.39, 0.29) is 0 Å². The summed E-state index contributed by atoms with van der Waals surface area (Å²) in [5.74, 6) is 0. The summed E-state index contributed by atoms with van der Waals surface area (Å²) in [5, 5.41) is 0. The van der Waals surface area contributed by atoms with E-state index in [1.165, 1.54) is 0 Å². The average Bonchev–Trinajstić information content (AvgIpc) is 1.56. The molecule has 0 aromatic carbocycles. The average molecular weight is 197 g/mol. The number of alkyl halides is 6. The molecule has 66 valence electrons. The molecule has 0 aromatic heterocycles. The topological polar surface area (TPSA) is 20.3 Å². The smallest absolute Gasteiger partial charge is 0.363 e. The lowest BCUT2D eigenvalue weighted by atomic mass is 11.0. The molecule has 0 rings (SSSR count). The molecule has 0 heterocycles. The van der Waals surface area contributed by atoms with E-state index in [4.69, 9.17) is 0 Å². The highest BCUT2D eigenvalue weighted by atomic mass is 28.2. The van der Waals surface area contributed by atoms with E-state index in [2.05, 4.69) is 0 Å². The van der Waals surface area contributed by atoms with Crippen LogP contribution in [0.25, 0.3) is 0 Å². The monoisotopic (exact) mass is 197 g/mol. The van der Waals surface area contributed by atoms with Gasteiger partial charge in [0.25, 0.3) is 0 Å². The van der Waals surface area contributed by atoms with Crippen LogP contribution in [0, 0.1) is 0 Å². The number of nitrogens with zero attached hydrogens (tertiary/aromatic N) is 1. The van der Waals surface area contributed by atoms with Crippen LogP contribution in [0.2, 0.25) is 0 Å². The molecule has 0 saturated heterocycles. The van der Waals surface area contributed by atoms with Gasteiger partial charge in [-0.25, -0.2) is 4.57 Å². The van der Waals surface area contributed by atoms with Gasteiger partial charge in [0.1, 0.15) is 0 Å². The van der Waals surface area contributed by atoms with Crippen molar-refractivity contribution < 1.29 is 30.8 Å². The molecule has 0 saturated carbocycles. The van der Waals surface area contributed by atoms with Crippen molar-refractivity contribution in [2.24, 2.45) is 0 Å². The molecule has 0 aliphatic heterocycles. The molecule has 0 aromatic rings. The Morgan fingerprint density at radius 2 is 1.18 bits per heavy atom. The molecule has 0 N–H and O–H groups in total. The Morgan fingerprint density at radius 1 is 0.909 bits per heavy atom. The summed E-state index contributed by atoms with van der Waals surface area (Å²) in [5.41, 5.74) is 0. The summed E-state index contributed by atoms with van der Waals surface area (Å²) in [6.07, 6.45) is -11.2. The normalized spacial score (nSPS) is 12.9. The third-order valence-electron chi connectivity index (χ3n) is 0.652. The Labute approximate surface area is 58.7 Å². The van der Waals surface area contributed by atoms with Gasteiger partial charge in [-0.1, -0.05) is 0 Å². The summed E-state index contributed by atoms with van der Waals surface area (Å²) < 4.78 is 75.0. The molecule has 9 heteroatoms. The van der Waals surface area contributed by atoms with Crippen molar-refractivity contribution in [1.29, 1.82) is 0 Å². The van der Waals surface area contributed by atoms with Gasteiger partial charge in [-0.05, 0) is 0 Å². The summed E-state index contributed by atoms with van der Waals surface area (Å²) in [4.78, 5) is 0. The quantitative estimate of drug-likeness (QED) is 0.355. The van der Waals surface area contributed by atoms with Crippen LogP contribution in [0.3, 0.4) is 0 Å². The Hall–Kier alpha value is -0.603. The summed E-state index contributed by atoms with van der Waals surface area (Å²) in [6, 6.07) is 0. The second-order valence-electron chi connectivity index (χ2n) is 1.41. The molecule has 11 heavy (non-hydrogen) atoms. The van der Waals surface area contributed by atoms with Crippen molar-refractivity contribution in [3.63, 3.8) is 0 Å². The Bertz CT molecular complexity index is 136. The van der Waals surface area contributed by atoms with Crippen LogP contribution in [0.1, 0.15) is 0 Å². The molecule has 0 radical (unpaired) electrons. The first-order valence-electron chi connectivity index (χ1n) is 2.08. The van der Waals surface area contributed by atoms with Crippen molar-refractivity contribution in [1.82, 2.24) is 4.57 Å². The van der Waals surface area contributed by atoms with Crippen LogP contribution in [0.5, 0.6) is 0 Å². The molecular formula is C2HF6NOSi. The van der Waals surface area contributed by atoms with Gasteiger partial charge in [0.15, 0.2) is 0 Å². The molecule has 0 amide bonds. The molecule has 0 bridgehead atoms. The summed E-state index contributed by atoms with van der Waals surface area (Å²) in [6.45, 7) is 0. The first-order valence-corrected chi connectivity index (χ1v) is 3.06. The van der Waals surface area contributed by atoms with Gasteiger partial charge in [-0.3, -0.25) is 0 Å². The van der Waals surface area contributed by atoms with Crippen molar-refractivity contribution in [2.45, 2.75) is 12.6 Å². The fourth-order valence-electron chi connectivity index (χ4n) is 0.263. The zero-order chi connectivity index (χ0) is 9.28. The highest BCUT2D eigenvalue weighted by Crippen LogP contribution is 2.30. The van der Waals surface area contributed by atoms with Crippen LogP contribution in [-0.2, 0) is 4.46 Å². The maximum Gasteiger partial charge on any atom is 0.485 e. The fourth-order valence-corrected chi connectivity index (χ4v) is 0.502. The van der Waals surface area contributed by atoms with Gasteiger partial charge in [0.2, 0.25) is 0 Å². The third-order valence-corrected chi connectivity index (χ3v) is 1.45. The SMILES string of the molecule is O=[SiH]N(C(F)(F)F)C(F)(F)F. The van der Waals surface area contributed by atoms with Crippen molar-refractivity contribution in [2.75, 3.05) is 0 Å². The first kappa shape index (κ1) is 10.4. The van der Waals surface area contributed by atoms with Crippen LogP contribution < -0.4 is 0 Å². The van der Waals surface area contributed by atoms with Crippen LogP contribution >= 0.6 is 0 Å². The third kappa shape index (κ3) is 2.86. The molecule has 0 aliphatic carbocycles. The molecule has 0 aliphatic rings. The number of halogens is 6. The maximum atomic E-state index is 11.2. The molecule has 0 fully saturated rings. The number of hydrogen-bond donors (Lipinski definition) is 0. The van der Waals surface area contributed by atoms with E-state index >= 15 is 0 Å². The lowest BCUT2D eigenvalue weighted by Crippen LogP contribution is -2.47. The van der Waals surface area contributed by atoms with Gasteiger partial charge in [-0.15, -0.1) is 0 Å². The minimum Gasteiger partial charge on any atom is -0.363 e. The summed E-state index contributed by atoms with van der Waals surface area (Å²) in [7, 11) is -3.08. The van der Waals surface area contributed by atoms with Crippen LogP contribution in [0.4, 0.5) is 26.3 Å². The van der Waals surface area contributed by atoms with E-state index in [9.17, 15) is 30.8 Å². The minimum absolute atomic E-state index is 1.97. The predicted octanol–water partition coefficient (Wildman–Crippen LogP) is 1.02. The Kier molecular flexibility index (Phi) is 2.64. The van der Waals surface area contributed by atoms with Gasteiger partial charge in [0, 0.05) is 0 Å². The highest BCUT2D eigenvalue weighted by molar-refractivity contribution is 6.13. The molecule has 0 unspecified atom stereocenters.